The second-order valence-electron chi connectivity index (χ2n) is 8.45. The van der Waals surface area contributed by atoms with Crippen molar-refractivity contribution in [1.29, 1.82) is 0 Å². The summed E-state index contributed by atoms with van der Waals surface area (Å²) in [6, 6.07) is 11.0. The number of benzene rings is 1. The van der Waals surface area contributed by atoms with Crippen molar-refractivity contribution in [2.45, 2.75) is 57.4 Å². The van der Waals surface area contributed by atoms with Crippen molar-refractivity contribution in [2.24, 2.45) is 0 Å². The van der Waals surface area contributed by atoms with Gasteiger partial charge in [-0.15, -0.1) is 0 Å². The zero-order valence-corrected chi connectivity index (χ0v) is 17.2. The Morgan fingerprint density at radius 2 is 1.93 bits per heavy atom. The number of furan rings is 1. The van der Waals surface area contributed by atoms with Gasteiger partial charge >= 0.3 is 0 Å². The minimum atomic E-state index is 0.248. The summed E-state index contributed by atoms with van der Waals surface area (Å²) >= 11 is 0. The van der Waals surface area contributed by atoms with Crippen LogP contribution in [0.5, 0.6) is 0 Å². The van der Waals surface area contributed by atoms with E-state index in [4.69, 9.17) is 4.42 Å². The molecule has 1 aromatic carbocycles. The third kappa shape index (κ3) is 3.62. The molecule has 1 aliphatic carbocycles. The van der Waals surface area contributed by atoms with Gasteiger partial charge in [-0.1, -0.05) is 24.3 Å². The lowest BCUT2D eigenvalue weighted by Crippen LogP contribution is -2.41. The van der Waals surface area contributed by atoms with Gasteiger partial charge in [-0.3, -0.25) is 9.69 Å². The fourth-order valence-electron chi connectivity index (χ4n) is 5.38. The Morgan fingerprint density at radius 3 is 2.61 bits per heavy atom. The highest BCUT2D eigenvalue weighted by Gasteiger charge is 2.45. The number of piperidine rings is 1. The van der Waals surface area contributed by atoms with Crippen LogP contribution in [0, 0.1) is 0 Å². The molecular weight excluding hydrogens is 348 g/mol. The minimum absolute atomic E-state index is 0.248. The van der Waals surface area contributed by atoms with E-state index in [1.165, 1.54) is 29.5 Å². The quantitative estimate of drug-likeness (QED) is 0.737. The van der Waals surface area contributed by atoms with E-state index >= 15 is 0 Å². The first-order valence-electron chi connectivity index (χ1n) is 10.8. The fraction of sp³-hybridized carbons (Fsp3) is 0.542. The Balaban J connectivity index is 1.48. The number of carbonyl (C=O) groups excluding carboxylic acids is 1. The highest BCUT2D eigenvalue weighted by molar-refractivity contribution is 5.77. The van der Waals surface area contributed by atoms with Gasteiger partial charge in [0.2, 0.25) is 5.91 Å². The van der Waals surface area contributed by atoms with Crippen molar-refractivity contribution in [3.8, 4) is 0 Å². The van der Waals surface area contributed by atoms with E-state index in [0.717, 1.165) is 39.1 Å². The summed E-state index contributed by atoms with van der Waals surface area (Å²) in [5.74, 6) is 0.670. The van der Waals surface area contributed by atoms with Crippen LogP contribution in [0.2, 0.25) is 0 Å². The molecule has 2 heterocycles. The average Bonchev–Trinajstić information content (AvgIpc) is 3.32. The number of nitrogens with zero attached hydrogens (tertiary/aromatic N) is 2. The molecule has 4 heteroatoms. The number of amides is 1. The van der Waals surface area contributed by atoms with Crippen LogP contribution in [0.15, 0.2) is 47.3 Å². The number of fused-ring (bicyclic) bond motifs is 2. The van der Waals surface area contributed by atoms with E-state index in [-0.39, 0.29) is 5.41 Å². The summed E-state index contributed by atoms with van der Waals surface area (Å²) in [5.41, 5.74) is 4.43. The monoisotopic (exact) mass is 380 g/mol. The maximum atomic E-state index is 12.8. The van der Waals surface area contributed by atoms with Crippen LogP contribution >= 0.6 is 0 Å². The average molecular weight is 381 g/mol. The van der Waals surface area contributed by atoms with Crippen LogP contribution in [0.3, 0.4) is 0 Å². The summed E-state index contributed by atoms with van der Waals surface area (Å²) < 4.78 is 5.22. The second-order valence-corrected chi connectivity index (χ2v) is 8.45. The lowest BCUT2D eigenvalue weighted by atomic mass is 9.73. The molecule has 0 unspecified atom stereocenters. The topological polar surface area (TPSA) is 36.7 Å². The Hall–Kier alpha value is -2.07. The van der Waals surface area contributed by atoms with Crippen LogP contribution in [0.4, 0.5) is 0 Å². The normalized spacial score (nSPS) is 21.0. The molecule has 4 nitrogen and oxygen atoms in total. The van der Waals surface area contributed by atoms with Gasteiger partial charge in [-0.2, -0.15) is 0 Å². The molecule has 150 valence electrons. The Bertz CT molecular complexity index is 787. The maximum Gasteiger partial charge on any atom is 0.223 e. The Morgan fingerprint density at radius 1 is 1.18 bits per heavy atom. The first kappa shape index (κ1) is 19.3. The highest BCUT2D eigenvalue weighted by atomic mass is 16.3. The third-order valence-corrected chi connectivity index (χ3v) is 6.95. The lowest BCUT2D eigenvalue weighted by molar-refractivity contribution is -0.131. The van der Waals surface area contributed by atoms with Crippen LogP contribution < -0.4 is 0 Å². The van der Waals surface area contributed by atoms with Crippen molar-refractivity contribution in [3.63, 3.8) is 0 Å². The van der Waals surface area contributed by atoms with Gasteiger partial charge in [0.1, 0.15) is 0 Å². The van der Waals surface area contributed by atoms with Gasteiger partial charge in [-0.05, 0) is 74.7 Å². The Kier molecular flexibility index (Phi) is 5.58. The molecule has 4 rings (SSSR count). The van der Waals surface area contributed by atoms with E-state index in [2.05, 4.69) is 49.1 Å². The molecule has 1 spiro atoms. The molecule has 1 aromatic heterocycles. The van der Waals surface area contributed by atoms with Crippen LogP contribution in [0.1, 0.15) is 62.1 Å². The van der Waals surface area contributed by atoms with Crippen molar-refractivity contribution in [3.05, 3.63) is 59.5 Å². The maximum absolute atomic E-state index is 12.8. The van der Waals surface area contributed by atoms with Gasteiger partial charge in [0.05, 0.1) is 12.5 Å². The van der Waals surface area contributed by atoms with Gasteiger partial charge < -0.3 is 9.32 Å². The SMILES string of the molecule is CCN(CC)C(=O)C[C@@H]1CC2(CCN(Cc3ccoc3)CC2)c2ccccc21. The van der Waals surface area contributed by atoms with Gasteiger partial charge in [0.15, 0.2) is 0 Å². The summed E-state index contributed by atoms with van der Waals surface area (Å²) in [4.78, 5) is 17.3. The standard InChI is InChI=1S/C24H32N2O2/c1-3-26(4-2)23(27)15-20-16-24(22-8-6-5-7-21(20)22)10-12-25(13-11-24)17-19-9-14-28-18-19/h5-9,14,18,20H,3-4,10-13,15-17H2,1-2H3/t20-/m1/s1. The molecule has 0 saturated carbocycles. The summed E-state index contributed by atoms with van der Waals surface area (Å²) in [6.45, 7) is 8.93. The first-order valence-corrected chi connectivity index (χ1v) is 10.8. The van der Waals surface area contributed by atoms with Gasteiger partial charge in [0.25, 0.3) is 0 Å². The van der Waals surface area contributed by atoms with Crippen molar-refractivity contribution < 1.29 is 9.21 Å². The molecule has 2 aromatic rings. The van der Waals surface area contributed by atoms with Crippen molar-refractivity contribution >= 4 is 5.91 Å². The summed E-state index contributed by atoms with van der Waals surface area (Å²) in [5, 5.41) is 0. The van der Waals surface area contributed by atoms with Crippen molar-refractivity contribution in [2.75, 3.05) is 26.2 Å². The van der Waals surface area contributed by atoms with Crippen LogP contribution in [0.25, 0.3) is 0 Å². The number of rotatable bonds is 6. The molecule has 0 bridgehead atoms. The number of hydrogen-bond donors (Lipinski definition) is 0. The molecule has 1 atom stereocenters. The zero-order valence-electron chi connectivity index (χ0n) is 17.2. The molecule has 1 fully saturated rings. The third-order valence-electron chi connectivity index (χ3n) is 6.95. The van der Waals surface area contributed by atoms with Gasteiger partial charge in [-0.25, -0.2) is 0 Å². The second kappa shape index (κ2) is 8.12. The fourth-order valence-corrected chi connectivity index (χ4v) is 5.38. The van der Waals surface area contributed by atoms with Crippen LogP contribution in [-0.2, 0) is 16.8 Å². The van der Waals surface area contributed by atoms with E-state index in [9.17, 15) is 4.79 Å². The molecule has 2 aliphatic rings. The zero-order chi connectivity index (χ0) is 19.6. The van der Waals surface area contributed by atoms with E-state index in [0.29, 0.717) is 18.2 Å². The molecule has 1 amide bonds. The molecule has 1 aliphatic heterocycles. The molecule has 0 N–H and O–H groups in total. The summed E-state index contributed by atoms with van der Waals surface area (Å²) in [6.07, 6.45) is 7.74. The van der Waals surface area contributed by atoms with Crippen molar-refractivity contribution in [1.82, 2.24) is 9.80 Å². The lowest BCUT2D eigenvalue weighted by Gasteiger charge is -2.40. The predicted molar refractivity (Wildman–Crippen MR) is 111 cm³/mol. The minimum Gasteiger partial charge on any atom is -0.472 e. The molecular formula is C24H32N2O2. The number of carbonyl (C=O) groups is 1. The van der Waals surface area contributed by atoms with E-state index < -0.39 is 0 Å². The van der Waals surface area contributed by atoms with Crippen LogP contribution in [-0.4, -0.2) is 41.9 Å². The van der Waals surface area contributed by atoms with E-state index in [1.54, 1.807) is 6.26 Å². The predicted octanol–water partition coefficient (Wildman–Crippen LogP) is 4.56. The highest BCUT2D eigenvalue weighted by Crippen LogP contribution is 2.52. The van der Waals surface area contributed by atoms with E-state index in [1.807, 2.05) is 11.2 Å². The largest absolute Gasteiger partial charge is 0.472 e. The van der Waals surface area contributed by atoms with Gasteiger partial charge in [0, 0.05) is 31.6 Å². The smallest absolute Gasteiger partial charge is 0.223 e. The molecule has 28 heavy (non-hydrogen) atoms. The summed E-state index contributed by atoms with van der Waals surface area (Å²) in [7, 11) is 0. The first-order chi connectivity index (χ1) is 13.6. The Labute approximate surface area is 168 Å². The number of hydrogen-bond acceptors (Lipinski definition) is 3. The molecule has 0 radical (unpaired) electrons. The molecule has 1 saturated heterocycles. The number of likely N-dealkylation sites (tertiary alicyclic amines) is 1.